The first-order valence-electron chi connectivity index (χ1n) is 12.3. The molecule has 0 bridgehead atoms. The van der Waals surface area contributed by atoms with Crippen LogP contribution >= 0.6 is 0 Å². The van der Waals surface area contributed by atoms with Crippen molar-refractivity contribution < 1.29 is 4.74 Å². The van der Waals surface area contributed by atoms with Gasteiger partial charge in [0.05, 0.1) is 36.0 Å². The number of anilines is 2. The molecule has 1 saturated heterocycles. The highest BCUT2D eigenvalue weighted by atomic mass is 16.5. The number of nitrogens with zero attached hydrogens (tertiary/aromatic N) is 5. The van der Waals surface area contributed by atoms with E-state index >= 15 is 0 Å². The fourth-order valence-electron chi connectivity index (χ4n) is 5.07. The molecule has 0 unspecified atom stereocenters. The quantitative estimate of drug-likeness (QED) is 0.460. The number of aromatic nitrogens is 4. The summed E-state index contributed by atoms with van der Waals surface area (Å²) in [4.78, 5) is 17.0. The Hall–Kier alpha value is -3.45. The van der Waals surface area contributed by atoms with E-state index in [1.54, 1.807) is 0 Å². The summed E-state index contributed by atoms with van der Waals surface area (Å²) < 4.78 is 7.77. The van der Waals surface area contributed by atoms with E-state index in [-0.39, 0.29) is 0 Å². The smallest absolute Gasteiger partial charge is 0.223 e. The number of benzene rings is 1. The van der Waals surface area contributed by atoms with Gasteiger partial charge in [-0.1, -0.05) is 42.7 Å². The Kier molecular flexibility index (Phi) is 5.63. The average Bonchev–Trinajstić information content (AvgIpc) is 3.53. The predicted molar refractivity (Wildman–Crippen MR) is 135 cm³/mol. The molecule has 7 heteroatoms. The van der Waals surface area contributed by atoms with Crippen LogP contribution < -0.4 is 10.2 Å². The first-order chi connectivity index (χ1) is 16.8. The van der Waals surface area contributed by atoms with Crippen molar-refractivity contribution in [3.05, 3.63) is 60.4 Å². The van der Waals surface area contributed by atoms with E-state index in [0.717, 1.165) is 60.3 Å². The van der Waals surface area contributed by atoms with Crippen molar-refractivity contribution in [2.24, 2.45) is 0 Å². The average molecular weight is 455 g/mol. The van der Waals surface area contributed by atoms with Gasteiger partial charge in [-0.15, -0.1) is 0 Å². The highest BCUT2D eigenvalue weighted by Gasteiger charge is 2.23. The number of hydrogen-bond donors (Lipinski definition) is 1. The molecule has 1 aliphatic heterocycles. The van der Waals surface area contributed by atoms with Crippen molar-refractivity contribution in [3.63, 3.8) is 0 Å². The van der Waals surface area contributed by atoms with Gasteiger partial charge < -0.3 is 15.0 Å². The topological polar surface area (TPSA) is 67.6 Å². The van der Waals surface area contributed by atoms with Crippen LogP contribution in [0.1, 0.15) is 31.2 Å². The number of pyridine rings is 1. The van der Waals surface area contributed by atoms with Gasteiger partial charge in [-0.25, -0.2) is 15.0 Å². The molecule has 0 amide bonds. The van der Waals surface area contributed by atoms with Gasteiger partial charge in [-0.3, -0.25) is 4.40 Å². The number of nitrogens with one attached hydrogen (secondary N) is 1. The van der Waals surface area contributed by atoms with E-state index in [1.165, 1.54) is 31.2 Å². The van der Waals surface area contributed by atoms with Crippen molar-refractivity contribution >= 4 is 17.3 Å². The number of imidazole rings is 1. The highest BCUT2D eigenvalue weighted by Crippen LogP contribution is 2.35. The molecule has 4 aromatic rings. The lowest BCUT2D eigenvalue weighted by atomic mass is 10.1. The Morgan fingerprint density at radius 2 is 1.76 bits per heavy atom. The monoisotopic (exact) mass is 454 g/mol. The Bertz CT molecular complexity index is 1290. The van der Waals surface area contributed by atoms with Crippen LogP contribution in [-0.2, 0) is 4.74 Å². The minimum absolute atomic E-state index is 0.460. The largest absolute Gasteiger partial charge is 0.378 e. The number of aryl methyl sites for hydroxylation is 1. The van der Waals surface area contributed by atoms with E-state index in [9.17, 15) is 0 Å². The summed E-state index contributed by atoms with van der Waals surface area (Å²) in [5.41, 5.74) is 7.19. The third kappa shape index (κ3) is 4.01. The molecule has 1 aliphatic carbocycles. The summed E-state index contributed by atoms with van der Waals surface area (Å²) in [6, 6.07) is 15.3. The SMILES string of the molecule is Cc1ccc(-c2nc3c(N4CCOCC4)cccn3c2-c2ccnc(NC3CCCC3)n2)cc1. The van der Waals surface area contributed by atoms with Crippen LogP contribution in [0.15, 0.2) is 54.9 Å². The molecule has 1 N–H and O–H groups in total. The lowest BCUT2D eigenvalue weighted by Crippen LogP contribution is -2.36. The number of rotatable bonds is 5. The van der Waals surface area contributed by atoms with Crippen molar-refractivity contribution in [1.82, 2.24) is 19.4 Å². The van der Waals surface area contributed by atoms with Crippen LogP contribution in [0.25, 0.3) is 28.3 Å². The van der Waals surface area contributed by atoms with Crippen LogP contribution in [0.5, 0.6) is 0 Å². The number of morpholine rings is 1. The molecule has 2 aliphatic rings. The zero-order valence-electron chi connectivity index (χ0n) is 19.6. The van der Waals surface area contributed by atoms with Gasteiger partial charge in [0.15, 0.2) is 5.65 Å². The minimum Gasteiger partial charge on any atom is -0.378 e. The second-order valence-electron chi connectivity index (χ2n) is 9.25. The second-order valence-corrected chi connectivity index (χ2v) is 9.25. The normalized spacial score (nSPS) is 16.9. The van der Waals surface area contributed by atoms with Crippen LogP contribution in [0, 0.1) is 6.92 Å². The van der Waals surface area contributed by atoms with Crippen LogP contribution in [-0.4, -0.2) is 51.7 Å². The zero-order valence-corrected chi connectivity index (χ0v) is 19.6. The maximum atomic E-state index is 5.59. The molecule has 0 atom stereocenters. The van der Waals surface area contributed by atoms with Gasteiger partial charge in [-0.05, 0) is 38.0 Å². The summed E-state index contributed by atoms with van der Waals surface area (Å²) in [6.45, 7) is 5.31. The summed E-state index contributed by atoms with van der Waals surface area (Å²) in [5.74, 6) is 0.693. The van der Waals surface area contributed by atoms with E-state index in [4.69, 9.17) is 14.7 Å². The Balaban J connectivity index is 1.50. The summed E-state index contributed by atoms with van der Waals surface area (Å²) >= 11 is 0. The van der Waals surface area contributed by atoms with Crippen molar-refractivity contribution in [1.29, 1.82) is 0 Å². The third-order valence-electron chi connectivity index (χ3n) is 6.89. The van der Waals surface area contributed by atoms with Crippen molar-refractivity contribution in [3.8, 4) is 22.6 Å². The highest BCUT2D eigenvalue weighted by molar-refractivity contribution is 5.84. The predicted octanol–water partition coefficient (Wildman–Crippen LogP) is 4.96. The standard InChI is InChI=1S/C27H30N6O/c1-19-8-10-20(11-9-19)24-25(22-12-13-28-27(30-22)29-21-5-2-3-6-21)33-14-4-7-23(26(33)31-24)32-15-17-34-18-16-32/h4,7-14,21H,2-3,5-6,15-18H2,1H3,(H,28,29,30). The molecule has 1 aromatic carbocycles. The lowest BCUT2D eigenvalue weighted by Gasteiger charge is -2.28. The zero-order chi connectivity index (χ0) is 22.9. The Morgan fingerprint density at radius 1 is 0.971 bits per heavy atom. The molecule has 2 fully saturated rings. The van der Waals surface area contributed by atoms with Gasteiger partial charge in [0.1, 0.15) is 0 Å². The van der Waals surface area contributed by atoms with E-state index in [0.29, 0.717) is 12.0 Å². The Labute approximate surface area is 199 Å². The maximum absolute atomic E-state index is 5.59. The molecule has 174 valence electrons. The molecule has 6 rings (SSSR count). The molecule has 1 saturated carbocycles. The first kappa shape index (κ1) is 21.1. The summed E-state index contributed by atoms with van der Waals surface area (Å²) in [5, 5.41) is 3.55. The van der Waals surface area contributed by atoms with Gasteiger partial charge >= 0.3 is 0 Å². The number of fused-ring (bicyclic) bond motifs is 1. The molecular weight excluding hydrogens is 424 g/mol. The fourth-order valence-corrected chi connectivity index (χ4v) is 5.07. The Morgan fingerprint density at radius 3 is 2.56 bits per heavy atom. The van der Waals surface area contributed by atoms with Crippen molar-refractivity contribution in [2.45, 2.75) is 38.6 Å². The molecule has 7 nitrogen and oxygen atoms in total. The third-order valence-corrected chi connectivity index (χ3v) is 6.89. The van der Waals surface area contributed by atoms with Crippen LogP contribution in [0.2, 0.25) is 0 Å². The van der Waals surface area contributed by atoms with Gasteiger partial charge in [0.2, 0.25) is 5.95 Å². The maximum Gasteiger partial charge on any atom is 0.223 e. The summed E-state index contributed by atoms with van der Waals surface area (Å²) in [6.07, 6.45) is 8.84. The van der Waals surface area contributed by atoms with Gasteiger partial charge in [0, 0.05) is 37.1 Å². The molecule has 3 aromatic heterocycles. The lowest BCUT2D eigenvalue weighted by molar-refractivity contribution is 0.123. The van der Waals surface area contributed by atoms with Crippen LogP contribution in [0.4, 0.5) is 11.6 Å². The van der Waals surface area contributed by atoms with E-state index < -0.39 is 0 Å². The first-order valence-corrected chi connectivity index (χ1v) is 12.3. The van der Waals surface area contributed by atoms with E-state index in [2.05, 4.69) is 69.1 Å². The number of ether oxygens (including phenoxy) is 1. The minimum atomic E-state index is 0.460. The van der Waals surface area contributed by atoms with Crippen LogP contribution in [0.3, 0.4) is 0 Å². The number of hydrogen-bond acceptors (Lipinski definition) is 6. The molecule has 34 heavy (non-hydrogen) atoms. The molecule has 0 radical (unpaired) electrons. The second kappa shape index (κ2) is 9.06. The summed E-state index contributed by atoms with van der Waals surface area (Å²) in [7, 11) is 0. The molecule has 0 spiro atoms. The molecule has 4 heterocycles. The molecular formula is C27H30N6O. The van der Waals surface area contributed by atoms with Crippen molar-refractivity contribution in [2.75, 3.05) is 36.5 Å². The van der Waals surface area contributed by atoms with Gasteiger partial charge in [-0.2, -0.15) is 0 Å². The fraction of sp³-hybridized carbons (Fsp3) is 0.370. The van der Waals surface area contributed by atoms with Gasteiger partial charge in [0.25, 0.3) is 0 Å². The van der Waals surface area contributed by atoms with E-state index in [1.807, 2.05) is 12.3 Å².